The van der Waals surface area contributed by atoms with Crippen LogP contribution in [-0.4, -0.2) is 26.5 Å². The van der Waals surface area contributed by atoms with Crippen molar-refractivity contribution in [3.63, 3.8) is 0 Å². The quantitative estimate of drug-likeness (QED) is 0.633. The summed E-state index contributed by atoms with van der Waals surface area (Å²) in [5, 5.41) is 0. The Morgan fingerprint density at radius 3 is 2.35 bits per heavy atom. The highest BCUT2D eigenvalue weighted by Crippen LogP contribution is 2.32. The molecular weight excluding hydrogens is 256 g/mol. The average Bonchev–Trinajstić information content (AvgIpc) is 2.53. The van der Waals surface area contributed by atoms with Crippen LogP contribution in [-0.2, 0) is 4.74 Å². The summed E-state index contributed by atoms with van der Waals surface area (Å²) in [7, 11) is 2.84. The fourth-order valence-corrected chi connectivity index (χ4v) is 2.08. The van der Waals surface area contributed by atoms with Gasteiger partial charge in [0, 0.05) is 11.1 Å². The Labute approximate surface area is 116 Å². The van der Waals surface area contributed by atoms with Crippen LogP contribution in [0.5, 0.6) is 5.75 Å². The van der Waals surface area contributed by atoms with E-state index < -0.39 is 5.97 Å². The van der Waals surface area contributed by atoms with E-state index in [1.54, 1.807) is 31.4 Å². The molecule has 2 aromatic carbocycles. The number of carbonyl (C=O) groups excluding carboxylic acids is 2. The lowest BCUT2D eigenvalue weighted by atomic mass is 9.95. The lowest BCUT2D eigenvalue weighted by Gasteiger charge is -2.12. The molecule has 0 aliphatic rings. The topological polar surface area (TPSA) is 52.6 Å². The minimum atomic E-state index is -0.538. The molecule has 0 saturated carbocycles. The second-order valence-corrected chi connectivity index (χ2v) is 4.08. The van der Waals surface area contributed by atoms with Gasteiger partial charge in [0.05, 0.1) is 19.8 Å². The van der Waals surface area contributed by atoms with E-state index in [4.69, 9.17) is 9.47 Å². The molecule has 0 spiro atoms. The highest BCUT2D eigenvalue weighted by Gasteiger charge is 2.17. The number of hydrogen-bond donors (Lipinski definition) is 0. The second-order valence-electron chi connectivity index (χ2n) is 4.08. The Hall–Kier alpha value is -2.62. The summed E-state index contributed by atoms with van der Waals surface area (Å²) in [5.41, 5.74) is 1.93. The second kappa shape index (κ2) is 6.02. The minimum absolute atomic E-state index is 0.242. The highest BCUT2D eigenvalue weighted by atomic mass is 16.5. The molecule has 0 amide bonds. The fraction of sp³-hybridized carbons (Fsp3) is 0.125. The molecule has 0 saturated heterocycles. The van der Waals surface area contributed by atoms with Crippen LogP contribution < -0.4 is 4.74 Å². The summed E-state index contributed by atoms with van der Waals surface area (Å²) < 4.78 is 9.99. The van der Waals surface area contributed by atoms with Crippen LogP contribution in [0, 0.1) is 0 Å². The van der Waals surface area contributed by atoms with Crippen LogP contribution >= 0.6 is 0 Å². The molecule has 20 heavy (non-hydrogen) atoms. The molecule has 4 nitrogen and oxygen atoms in total. The lowest BCUT2D eigenvalue weighted by Crippen LogP contribution is -2.06. The van der Waals surface area contributed by atoms with E-state index >= 15 is 0 Å². The molecule has 0 heterocycles. The van der Waals surface area contributed by atoms with Crippen molar-refractivity contribution in [2.24, 2.45) is 0 Å². The van der Waals surface area contributed by atoms with Gasteiger partial charge in [0.2, 0.25) is 0 Å². The van der Waals surface area contributed by atoms with E-state index in [1.165, 1.54) is 7.11 Å². The fourth-order valence-electron chi connectivity index (χ4n) is 2.08. The standard InChI is InChI=1S/C16H14O4/c1-19-15-9-4-3-6-12(15)11-7-5-8-13(14(11)10-17)16(18)20-2/h3-10H,1-2H3. The monoisotopic (exact) mass is 270 g/mol. The average molecular weight is 270 g/mol. The number of ether oxygens (including phenoxy) is 2. The van der Waals surface area contributed by atoms with Gasteiger partial charge in [0.25, 0.3) is 0 Å². The minimum Gasteiger partial charge on any atom is -0.496 e. The Kier molecular flexibility index (Phi) is 4.15. The van der Waals surface area contributed by atoms with Gasteiger partial charge in [-0.05, 0) is 17.7 Å². The van der Waals surface area contributed by atoms with E-state index in [2.05, 4.69) is 0 Å². The predicted octanol–water partition coefficient (Wildman–Crippen LogP) is 2.96. The summed E-state index contributed by atoms with van der Waals surface area (Å²) in [4.78, 5) is 23.1. The van der Waals surface area contributed by atoms with Crippen LogP contribution in [0.25, 0.3) is 11.1 Å². The maximum Gasteiger partial charge on any atom is 0.338 e. The number of para-hydroxylation sites is 1. The number of rotatable bonds is 4. The molecule has 0 atom stereocenters. The first kappa shape index (κ1) is 13.8. The van der Waals surface area contributed by atoms with E-state index in [0.29, 0.717) is 23.2 Å². The first-order chi connectivity index (χ1) is 9.72. The molecule has 102 valence electrons. The molecule has 0 aromatic heterocycles. The van der Waals surface area contributed by atoms with Crippen molar-refractivity contribution in [3.05, 3.63) is 53.6 Å². The van der Waals surface area contributed by atoms with Crippen molar-refractivity contribution in [1.29, 1.82) is 0 Å². The Morgan fingerprint density at radius 1 is 1.00 bits per heavy atom. The molecule has 4 heteroatoms. The SMILES string of the molecule is COC(=O)c1cccc(-c2ccccc2OC)c1C=O. The molecule has 0 aliphatic carbocycles. The third-order valence-corrected chi connectivity index (χ3v) is 3.03. The smallest absolute Gasteiger partial charge is 0.338 e. The predicted molar refractivity (Wildman–Crippen MR) is 75.2 cm³/mol. The summed E-state index contributed by atoms with van der Waals surface area (Å²) in [6.45, 7) is 0. The summed E-state index contributed by atoms with van der Waals surface area (Å²) in [6.07, 6.45) is 0.661. The van der Waals surface area contributed by atoms with Gasteiger partial charge in [0.15, 0.2) is 6.29 Å². The van der Waals surface area contributed by atoms with E-state index in [1.807, 2.05) is 18.2 Å². The zero-order chi connectivity index (χ0) is 14.5. The third-order valence-electron chi connectivity index (χ3n) is 3.03. The summed E-state index contributed by atoms with van der Waals surface area (Å²) in [5.74, 6) is 0.0986. The van der Waals surface area contributed by atoms with Crippen LogP contribution in [0.3, 0.4) is 0 Å². The van der Waals surface area contributed by atoms with Crippen molar-refractivity contribution < 1.29 is 19.1 Å². The van der Waals surface area contributed by atoms with Crippen molar-refractivity contribution in [3.8, 4) is 16.9 Å². The van der Waals surface area contributed by atoms with Gasteiger partial charge in [0.1, 0.15) is 5.75 Å². The summed E-state index contributed by atoms with van der Waals surface area (Å²) >= 11 is 0. The van der Waals surface area contributed by atoms with Crippen molar-refractivity contribution in [2.75, 3.05) is 14.2 Å². The molecule has 0 N–H and O–H groups in total. The lowest BCUT2D eigenvalue weighted by molar-refractivity contribution is 0.0598. The summed E-state index contributed by atoms with van der Waals surface area (Å²) in [6, 6.07) is 12.4. The van der Waals surface area contributed by atoms with E-state index in [0.717, 1.165) is 5.56 Å². The van der Waals surface area contributed by atoms with Crippen molar-refractivity contribution in [1.82, 2.24) is 0 Å². The Bertz CT molecular complexity index is 647. The van der Waals surface area contributed by atoms with E-state index in [-0.39, 0.29) is 5.56 Å². The molecule has 0 unspecified atom stereocenters. The Morgan fingerprint density at radius 2 is 1.70 bits per heavy atom. The molecule has 0 aliphatic heterocycles. The first-order valence-electron chi connectivity index (χ1n) is 6.02. The van der Waals surface area contributed by atoms with Gasteiger partial charge in [-0.1, -0.05) is 30.3 Å². The molecule has 0 bridgehead atoms. The number of esters is 1. The number of aldehydes is 1. The number of methoxy groups -OCH3 is 2. The van der Waals surface area contributed by atoms with Gasteiger partial charge < -0.3 is 9.47 Å². The molecule has 0 radical (unpaired) electrons. The Balaban J connectivity index is 2.68. The first-order valence-corrected chi connectivity index (χ1v) is 6.02. The number of hydrogen-bond acceptors (Lipinski definition) is 4. The maximum absolute atomic E-state index is 11.7. The normalized spacial score (nSPS) is 9.90. The largest absolute Gasteiger partial charge is 0.496 e. The van der Waals surface area contributed by atoms with Gasteiger partial charge in [-0.2, -0.15) is 0 Å². The number of carbonyl (C=O) groups is 2. The number of benzene rings is 2. The highest BCUT2D eigenvalue weighted by molar-refractivity contribution is 6.03. The van der Waals surface area contributed by atoms with Crippen LogP contribution in [0.2, 0.25) is 0 Å². The molecular formula is C16H14O4. The molecule has 2 aromatic rings. The third kappa shape index (κ3) is 2.40. The van der Waals surface area contributed by atoms with Gasteiger partial charge in [-0.25, -0.2) is 4.79 Å². The van der Waals surface area contributed by atoms with Gasteiger partial charge >= 0.3 is 5.97 Å². The van der Waals surface area contributed by atoms with Crippen molar-refractivity contribution in [2.45, 2.75) is 0 Å². The molecule has 0 fully saturated rings. The van der Waals surface area contributed by atoms with Crippen LogP contribution in [0.4, 0.5) is 0 Å². The van der Waals surface area contributed by atoms with E-state index in [9.17, 15) is 9.59 Å². The zero-order valence-electron chi connectivity index (χ0n) is 11.3. The van der Waals surface area contributed by atoms with Crippen LogP contribution in [0.1, 0.15) is 20.7 Å². The van der Waals surface area contributed by atoms with Crippen LogP contribution in [0.15, 0.2) is 42.5 Å². The maximum atomic E-state index is 11.7. The zero-order valence-corrected chi connectivity index (χ0v) is 11.3. The molecule has 2 rings (SSSR count). The van der Waals surface area contributed by atoms with Gasteiger partial charge in [-0.15, -0.1) is 0 Å². The van der Waals surface area contributed by atoms with Crippen molar-refractivity contribution >= 4 is 12.3 Å². The van der Waals surface area contributed by atoms with Gasteiger partial charge in [-0.3, -0.25) is 4.79 Å².